The summed E-state index contributed by atoms with van der Waals surface area (Å²) < 4.78 is 0. The van der Waals surface area contributed by atoms with E-state index in [1.54, 1.807) is 11.8 Å². The lowest BCUT2D eigenvalue weighted by Gasteiger charge is -2.09. The van der Waals surface area contributed by atoms with Gasteiger partial charge in [-0.15, -0.1) is 11.8 Å². The number of hydrogen-bond donors (Lipinski definition) is 3. The normalized spacial score (nSPS) is 11.4. The van der Waals surface area contributed by atoms with E-state index in [0.717, 1.165) is 24.4 Å². The van der Waals surface area contributed by atoms with Gasteiger partial charge in [0.1, 0.15) is 0 Å². The maximum atomic E-state index is 5.47. The average Bonchev–Trinajstić information content (AvgIpc) is 2.38. The van der Waals surface area contributed by atoms with Crippen LogP contribution in [0.5, 0.6) is 0 Å². The molecule has 4 N–H and O–H groups in total. The zero-order valence-electron chi connectivity index (χ0n) is 10.5. The highest BCUT2D eigenvalue weighted by Gasteiger charge is 1.99. The molecule has 0 fully saturated rings. The minimum atomic E-state index is 0.599. The molecule has 0 saturated heterocycles. The van der Waals surface area contributed by atoms with E-state index in [2.05, 4.69) is 47.2 Å². The maximum Gasteiger partial charge on any atom is 0.0475 e. The molecule has 1 aromatic carbocycles. The van der Waals surface area contributed by atoms with Gasteiger partial charge in [0.05, 0.1) is 0 Å². The van der Waals surface area contributed by atoms with Crippen LogP contribution in [-0.4, -0.2) is 19.5 Å². The summed E-state index contributed by atoms with van der Waals surface area (Å²) in [4.78, 5) is 0. The second-order valence-electron chi connectivity index (χ2n) is 3.62. The first-order chi connectivity index (χ1) is 8.31. The van der Waals surface area contributed by atoms with E-state index in [9.17, 15) is 0 Å². The Morgan fingerprint density at radius 1 is 1.35 bits per heavy atom. The van der Waals surface area contributed by atoms with E-state index < -0.39 is 0 Å². The molecule has 0 aliphatic heterocycles. The molecule has 17 heavy (non-hydrogen) atoms. The standard InChI is InChI=1S/C13H21N3S/c1-3-8-16-12-6-4-11(5-7-12)13(15-2)9-17-10-14/h4-7,9,15-16H,3,8,10,14H2,1-2H3/b13-9-. The fraction of sp³-hybridized carbons (Fsp3) is 0.385. The van der Waals surface area contributed by atoms with Gasteiger partial charge in [0.15, 0.2) is 0 Å². The van der Waals surface area contributed by atoms with Gasteiger partial charge in [-0.3, -0.25) is 0 Å². The largest absolute Gasteiger partial charge is 0.387 e. The van der Waals surface area contributed by atoms with Gasteiger partial charge in [0.25, 0.3) is 0 Å². The summed E-state index contributed by atoms with van der Waals surface area (Å²) in [7, 11) is 1.92. The van der Waals surface area contributed by atoms with Crippen LogP contribution in [0.2, 0.25) is 0 Å². The molecule has 94 valence electrons. The summed E-state index contributed by atoms with van der Waals surface area (Å²) in [5, 5.41) is 8.59. The predicted octanol–water partition coefficient (Wildman–Crippen LogP) is 2.68. The molecule has 0 bridgehead atoms. The fourth-order valence-electron chi connectivity index (χ4n) is 1.44. The van der Waals surface area contributed by atoms with Crippen LogP contribution in [0, 0.1) is 0 Å². The van der Waals surface area contributed by atoms with Gasteiger partial charge in [-0.2, -0.15) is 0 Å². The summed E-state index contributed by atoms with van der Waals surface area (Å²) >= 11 is 1.59. The van der Waals surface area contributed by atoms with Crippen molar-refractivity contribution in [2.75, 3.05) is 24.8 Å². The summed E-state index contributed by atoms with van der Waals surface area (Å²) in [5.74, 6) is 0.599. The van der Waals surface area contributed by atoms with Crippen molar-refractivity contribution in [1.29, 1.82) is 0 Å². The smallest absolute Gasteiger partial charge is 0.0475 e. The van der Waals surface area contributed by atoms with Crippen molar-refractivity contribution in [3.8, 4) is 0 Å². The SMILES string of the molecule is CCCNc1ccc(/C(=C/SCN)NC)cc1. The van der Waals surface area contributed by atoms with Crippen molar-refractivity contribution < 1.29 is 0 Å². The number of hydrogen-bond acceptors (Lipinski definition) is 4. The number of nitrogens with one attached hydrogen (secondary N) is 2. The molecular weight excluding hydrogens is 230 g/mol. The highest BCUT2D eigenvalue weighted by atomic mass is 32.2. The molecule has 4 heteroatoms. The lowest BCUT2D eigenvalue weighted by atomic mass is 10.1. The third-order valence-corrected chi connectivity index (χ3v) is 2.94. The van der Waals surface area contributed by atoms with Crippen molar-refractivity contribution in [2.24, 2.45) is 5.73 Å². The number of rotatable bonds is 7. The quantitative estimate of drug-likeness (QED) is 0.652. The second kappa shape index (κ2) is 8.03. The molecule has 0 unspecified atom stereocenters. The predicted molar refractivity (Wildman–Crippen MR) is 78.9 cm³/mol. The van der Waals surface area contributed by atoms with Crippen LogP contribution in [0.3, 0.4) is 0 Å². The monoisotopic (exact) mass is 251 g/mol. The van der Waals surface area contributed by atoms with Crippen molar-refractivity contribution in [3.63, 3.8) is 0 Å². The molecule has 0 aromatic heterocycles. The first-order valence-electron chi connectivity index (χ1n) is 5.85. The number of thioether (sulfide) groups is 1. The summed E-state index contributed by atoms with van der Waals surface area (Å²) in [6.45, 7) is 3.17. The van der Waals surface area contributed by atoms with Crippen LogP contribution in [0.4, 0.5) is 5.69 Å². The first-order valence-corrected chi connectivity index (χ1v) is 6.90. The molecule has 1 aromatic rings. The molecule has 3 nitrogen and oxygen atoms in total. The Hall–Kier alpha value is -1.13. The van der Waals surface area contributed by atoms with E-state index >= 15 is 0 Å². The Balaban J connectivity index is 2.71. The van der Waals surface area contributed by atoms with E-state index in [-0.39, 0.29) is 0 Å². The lowest BCUT2D eigenvalue weighted by molar-refractivity contribution is 0.979. The Labute approximate surface area is 108 Å². The molecule has 0 amide bonds. The zero-order valence-corrected chi connectivity index (χ0v) is 11.3. The molecule has 0 atom stereocenters. The number of benzene rings is 1. The Morgan fingerprint density at radius 3 is 2.59 bits per heavy atom. The minimum absolute atomic E-state index is 0.599. The van der Waals surface area contributed by atoms with Gasteiger partial charge >= 0.3 is 0 Å². The number of anilines is 1. The van der Waals surface area contributed by atoms with Gasteiger partial charge in [0, 0.05) is 30.9 Å². The molecule has 0 aliphatic rings. The van der Waals surface area contributed by atoms with E-state index in [1.807, 2.05) is 7.05 Å². The Bertz CT molecular complexity index is 346. The molecule has 0 aliphatic carbocycles. The van der Waals surface area contributed by atoms with Crippen LogP contribution < -0.4 is 16.4 Å². The van der Waals surface area contributed by atoms with Crippen LogP contribution in [0.25, 0.3) is 5.70 Å². The highest BCUT2D eigenvalue weighted by molar-refractivity contribution is 8.02. The van der Waals surface area contributed by atoms with Crippen molar-refractivity contribution >= 4 is 23.1 Å². The van der Waals surface area contributed by atoms with Crippen LogP contribution in [-0.2, 0) is 0 Å². The first kappa shape index (κ1) is 13.9. The molecule has 1 rings (SSSR count). The van der Waals surface area contributed by atoms with Crippen LogP contribution in [0.1, 0.15) is 18.9 Å². The van der Waals surface area contributed by atoms with E-state index in [4.69, 9.17) is 5.73 Å². The lowest BCUT2D eigenvalue weighted by Crippen LogP contribution is -2.05. The third kappa shape index (κ3) is 4.71. The molecule has 0 spiro atoms. The number of nitrogens with two attached hydrogens (primary N) is 1. The molecule has 0 heterocycles. The van der Waals surface area contributed by atoms with Crippen molar-refractivity contribution in [3.05, 3.63) is 35.2 Å². The Morgan fingerprint density at radius 2 is 2.06 bits per heavy atom. The fourth-order valence-corrected chi connectivity index (χ4v) is 1.96. The van der Waals surface area contributed by atoms with Gasteiger partial charge in [-0.05, 0) is 29.5 Å². The van der Waals surface area contributed by atoms with Crippen molar-refractivity contribution in [2.45, 2.75) is 13.3 Å². The van der Waals surface area contributed by atoms with Crippen LogP contribution >= 0.6 is 11.8 Å². The molecule has 0 saturated carbocycles. The van der Waals surface area contributed by atoms with E-state index in [1.165, 1.54) is 5.56 Å². The zero-order chi connectivity index (χ0) is 12.5. The van der Waals surface area contributed by atoms with E-state index in [0.29, 0.717) is 5.88 Å². The molecular formula is C13H21N3S. The Kier molecular flexibility index (Phi) is 6.58. The summed E-state index contributed by atoms with van der Waals surface area (Å²) in [5.41, 5.74) is 8.91. The maximum absolute atomic E-state index is 5.47. The topological polar surface area (TPSA) is 50.1 Å². The average molecular weight is 251 g/mol. The van der Waals surface area contributed by atoms with Gasteiger partial charge in [0.2, 0.25) is 0 Å². The van der Waals surface area contributed by atoms with Gasteiger partial charge in [-0.1, -0.05) is 19.1 Å². The third-order valence-electron chi connectivity index (χ3n) is 2.34. The van der Waals surface area contributed by atoms with Gasteiger partial charge in [-0.25, -0.2) is 0 Å². The molecule has 0 radical (unpaired) electrons. The second-order valence-corrected chi connectivity index (χ2v) is 4.52. The summed E-state index contributed by atoms with van der Waals surface area (Å²) in [6, 6.07) is 8.42. The summed E-state index contributed by atoms with van der Waals surface area (Å²) in [6.07, 6.45) is 1.14. The van der Waals surface area contributed by atoms with Crippen LogP contribution in [0.15, 0.2) is 29.7 Å². The highest BCUT2D eigenvalue weighted by Crippen LogP contribution is 2.17. The van der Waals surface area contributed by atoms with Crippen molar-refractivity contribution in [1.82, 2.24) is 5.32 Å². The van der Waals surface area contributed by atoms with Gasteiger partial charge < -0.3 is 16.4 Å². The minimum Gasteiger partial charge on any atom is -0.387 e.